The number of rotatable bonds is 5. The highest BCUT2D eigenvalue weighted by Gasteiger charge is 2.21. The van der Waals surface area contributed by atoms with E-state index in [9.17, 15) is 4.79 Å². The summed E-state index contributed by atoms with van der Waals surface area (Å²) in [6.45, 7) is 0.788. The second kappa shape index (κ2) is 12.8. The summed E-state index contributed by atoms with van der Waals surface area (Å²) in [5, 5.41) is 3.36. The van der Waals surface area contributed by atoms with Crippen LogP contribution in [-0.4, -0.2) is 32.6 Å². The average Bonchev–Trinajstić information content (AvgIpc) is 2.80. The van der Waals surface area contributed by atoms with Gasteiger partial charge >= 0.3 is 6.03 Å². The number of hydrogen-bond donors (Lipinski definition) is 3. The number of urea groups is 1. The van der Waals surface area contributed by atoms with Crippen LogP contribution in [0, 0.1) is 11.8 Å². The number of hydrogen-bond acceptors (Lipinski definition) is 2. The summed E-state index contributed by atoms with van der Waals surface area (Å²) in [5.74, 6) is 1.66. The number of aliphatic imine (C=N–C) groups is 1. The number of anilines is 1. The molecule has 0 heterocycles. The predicted molar refractivity (Wildman–Crippen MR) is 131 cm³/mol. The van der Waals surface area contributed by atoms with E-state index in [2.05, 4.69) is 22.4 Å². The Balaban J connectivity index is 0.000000245. The van der Waals surface area contributed by atoms with E-state index in [-0.39, 0.29) is 12.0 Å². The number of amides is 2. The summed E-state index contributed by atoms with van der Waals surface area (Å²) in [5.41, 5.74) is 13.0. The molecule has 0 aliphatic heterocycles. The molecule has 2 amide bonds. The molecule has 0 bridgehead atoms. The largest absolute Gasteiger partial charge is 0.370 e. The van der Waals surface area contributed by atoms with Gasteiger partial charge in [-0.25, -0.2) is 4.79 Å². The minimum Gasteiger partial charge on any atom is -0.370 e. The number of nitrogens with zero attached hydrogens (tertiary/aromatic N) is 2. The van der Waals surface area contributed by atoms with Crippen LogP contribution in [0.2, 0.25) is 5.02 Å². The Morgan fingerprint density at radius 1 is 1.03 bits per heavy atom. The normalized spacial score (nSPS) is 17.6. The van der Waals surface area contributed by atoms with Crippen LogP contribution in [-0.2, 0) is 6.42 Å². The maximum atomic E-state index is 11.1. The van der Waals surface area contributed by atoms with Crippen molar-refractivity contribution < 1.29 is 4.79 Å². The molecular weight excluding hydrogens is 410 g/mol. The Hall–Kier alpha value is -2.73. The zero-order chi connectivity index (χ0) is 22.6. The van der Waals surface area contributed by atoms with Crippen molar-refractivity contribution in [2.24, 2.45) is 28.3 Å². The Kier molecular flexibility index (Phi) is 10.2. The molecule has 0 saturated heterocycles. The number of nitrogens with one attached hydrogen (secondary N) is 1. The smallest absolute Gasteiger partial charge is 0.321 e. The Bertz CT molecular complexity index is 814. The third kappa shape index (κ3) is 8.89. The Morgan fingerprint density at radius 2 is 1.61 bits per heavy atom. The molecule has 0 radical (unpaired) electrons. The van der Waals surface area contributed by atoms with Crippen molar-refractivity contribution >= 4 is 29.3 Å². The monoisotopic (exact) mass is 443 g/mol. The molecule has 6 nitrogen and oxygen atoms in total. The quantitative estimate of drug-likeness (QED) is 0.471. The highest BCUT2D eigenvalue weighted by atomic mass is 35.5. The van der Waals surface area contributed by atoms with Crippen molar-refractivity contribution in [1.82, 2.24) is 5.32 Å². The molecular formula is C24H34ClN5O. The Labute approximate surface area is 190 Å². The van der Waals surface area contributed by atoms with E-state index in [1.807, 2.05) is 42.5 Å². The summed E-state index contributed by atoms with van der Waals surface area (Å²) < 4.78 is 0. The van der Waals surface area contributed by atoms with E-state index in [4.69, 9.17) is 23.1 Å². The third-order valence-corrected chi connectivity index (χ3v) is 5.85. The van der Waals surface area contributed by atoms with Gasteiger partial charge in [-0.1, -0.05) is 41.9 Å². The number of carbonyl (C=O) groups excluding carboxylic acids is 1. The van der Waals surface area contributed by atoms with E-state index in [1.54, 1.807) is 19.0 Å². The molecule has 0 aromatic heterocycles. The van der Waals surface area contributed by atoms with E-state index >= 15 is 0 Å². The maximum absolute atomic E-state index is 11.1. The minimum absolute atomic E-state index is 0.110. The topological polar surface area (TPSA) is 96.7 Å². The minimum atomic E-state index is -0.110. The second-order valence-corrected chi connectivity index (χ2v) is 8.37. The molecule has 3 rings (SSSR count). The van der Waals surface area contributed by atoms with Crippen molar-refractivity contribution in [3.63, 3.8) is 0 Å². The average molecular weight is 444 g/mol. The number of benzene rings is 2. The van der Waals surface area contributed by atoms with Gasteiger partial charge < -0.3 is 16.8 Å². The molecule has 168 valence electrons. The molecule has 31 heavy (non-hydrogen) atoms. The van der Waals surface area contributed by atoms with Gasteiger partial charge in [0.25, 0.3) is 0 Å². The molecule has 2 aromatic carbocycles. The van der Waals surface area contributed by atoms with Gasteiger partial charge in [0.1, 0.15) is 0 Å². The van der Waals surface area contributed by atoms with Crippen LogP contribution in [0.1, 0.15) is 31.2 Å². The molecule has 0 spiro atoms. The van der Waals surface area contributed by atoms with Crippen molar-refractivity contribution in [2.45, 2.75) is 32.1 Å². The van der Waals surface area contributed by atoms with Gasteiger partial charge in [-0.15, -0.1) is 0 Å². The summed E-state index contributed by atoms with van der Waals surface area (Å²) >= 11 is 5.90. The van der Waals surface area contributed by atoms with Crippen LogP contribution in [0.3, 0.4) is 0 Å². The number of carbonyl (C=O) groups is 1. The molecule has 1 fully saturated rings. The first-order valence-corrected chi connectivity index (χ1v) is 11.1. The summed E-state index contributed by atoms with van der Waals surface area (Å²) in [6, 6.07) is 17.6. The van der Waals surface area contributed by atoms with E-state index in [0.717, 1.165) is 29.6 Å². The lowest BCUT2D eigenvalue weighted by atomic mass is 9.79. The molecule has 0 atom stereocenters. The van der Waals surface area contributed by atoms with Crippen LogP contribution in [0.25, 0.3) is 0 Å². The second-order valence-electron chi connectivity index (χ2n) is 7.93. The van der Waals surface area contributed by atoms with Crippen LogP contribution in [0.15, 0.2) is 59.6 Å². The molecule has 5 N–H and O–H groups in total. The van der Waals surface area contributed by atoms with Crippen molar-refractivity contribution in [1.29, 1.82) is 0 Å². The first kappa shape index (κ1) is 24.5. The molecule has 0 unspecified atom stereocenters. The fourth-order valence-corrected chi connectivity index (χ4v) is 3.87. The molecule has 2 aromatic rings. The number of nitrogens with two attached hydrogens (primary N) is 2. The number of para-hydroxylation sites is 1. The summed E-state index contributed by atoms with van der Waals surface area (Å²) in [6.07, 6.45) is 6.16. The van der Waals surface area contributed by atoms with E-state index in [0.29, 0.717) is 5.92 Å². The predicted octanol–water partition coefficient (Wildman–Crippen LogP) is 4.42. The van der Waals surface area contributed by atoms with Gasteiger partial charge in [-0.05, 0) is 73.8 Å². The molecule has 1 saturated carbocycles. The number of guanidine groups is 1. The molecule has 1 aliphatic carbocycles. The molecule has 1 aliphatic rings. The van der Waals surface area contributed by atoms with Gasteiger partial charge in [-0.3, -0.25) is 9.89 Å². The van der Waals surface area contributed by atoms with Crippen molar-refractivity contribution in [2.75, 3.05) is 25.5 Å². The number of halogens is 1. The lowest BCUT2D eigenvalue weighted by molar-refractivity contribution is 0.249. The van der Waals surface area contributed by atoms with E-state index < -0.39 is 0 Å². The van der Waals surface area contributed by atoms with Crippen LogP contribution in [0.4, 0.5) is 10.5 Å². The lowest BCUT2D eigenvalue weighted by Gasteiger charge is -2.27. The summed E-state index contributed by atoms with van der Waals surface area (Å²) in [7, 11) is 3.34. The Morgan fingerprint density at radius 3 is 2.16 bits per heavy atom. The highest BCUT2D eigenvalue weighted by Crippen LogP contribution is 2.31. The zero-order valence-corrected chi connectivity index (χ0v) is 19.2. The lowest BCUT2D eigenvalue weighted by Crippen LogP contribution is -2.34. The van der Waals surface area contributed by atoms with Gasteiger partial charge in [0.15, 0.2) is 5.96 Å². The summed E-state index contributed by atoms with van der Waals surface area (Å²) in [4.78, 5) is 16.8. The SMILES string of the molecule is CNC(=O)N(C)c1ccccc1.NC(N)=NCC1CCC(Cc2ccc(Cl)cc2)CC1. The molecule has 7 heteroatoms. The van der Waals surface area contributed by atoms with Crippen molar-refractivity contribution in [3.8, 4) is 0 Å². The maximum Gasteiger partial charge on any atom is 0.321 e. The first-order valence-electron chi connectivity index (χ1n) is 10.7. The standard InChI is InChI=1S/C15H22ClN3.C9H12N2O/c16-14-7-5-12(6-8-14)9-11-1-3-13(4-2-11)10-19-15(17)18;1-10-9(12)11(2)8-6-4-3-5-7-8/h5-8,11,13H,1-4,9-10H2,(H4,17,18,19);3-7H,1-2H3,(H,10,12). The first-order chi connectivity index (χ1) is 14.9. The fourth-order valence-electron chi connectivity index (χ4n) is 3.74. The van der Waals surface area contributed by atoms with Gasteiger partial charge in [0.05, 0.1) is 0 Å². The zero-order valence-electron chi connectivity index (χ0n) is 18.4. The van der Waals surface area contributed by atoms with Crippen LogP contribution in [0.5, 0.6) is 0 Å². The highest BCUT2D eigenvalue weighted by molar-refractivity contribution is 6.30. The third-order valence-electron chi connectivity index (χ3n) is 5.60. The fraction of sp³-hybridized carbons (Fsp3) is 0.417. The van der Waals surface area contributed by atoms with Crippen LogP contribution >= 0.6 is 11.6 Å². The van der Waals surface area contributed by atoms with Crippen molar-refractivity contribution in [3.05, 3.63) is 65.2 Å². The van der Waals surface area contributed by atoms with Gasteiger partial charge in [-0.2, -0.15) is 0 Å². The van der Waals surface area contributed by atoms with E-state index in [1.165, 1.54) is 31.2 Å². The van der Waals surface area contributed by atoms with Crippen LogP contribution < -0.4 is 21.7 Å². The van der Waals surface area contributed by atoms with Gasteiger partial charge in [0.2, 0.25) is 0 Å². The van der Waals surface area contributed by atoms with Gasteiger partial charge in [0, 0.05) is 31.4 Å².